The Hall–Kier alpha value is -3.09. The average molecular weight is 284 g/mol. The van der Waals surface area contributed by atoms with E-state index in [1.807, 2.05) is 24.3 Å². The van der Waals surface area contributed by atoms with Crippen molar-refractivity contribution in [3.63, 3.8) is 0 Å². The van der Waals surface area contributed by atoms with Gasteiger partial charge in [-0.1, -0.05) is 17.3 Å². The Morgan fingerprint density at radius 3 is 2.95 bits per heavy atom. The van der Waals surface area contributed by atoms with E-state index >= 15 is 0 Å². The molecule has 21 heavy (non-hydrogen) atoms. The molecule has 3 aromatic rings. The van der Waals surface area contributed by atoms with Crippen LogP contribution in [0.2, 0.25) is 0 Å². The van der Waals surface area contributed by atoms with Gasteiger partial charge in [-0.15, -0.1) is 5.10 Å². The Balaban J connectivity index is 1.77. The molecule has 3 rings (SSSR count). The van der Waals surface area contributed by atoms with Gasteiger partial charge in [-0.2, -0.15) is 0 Å². The summed E-state index contributed by atoms with van der Waals surface area (Å²) in [5.74, 6) is -0.464. The van der Waals surface area contributed by atoms with E-state index in [-0.39, 0.29) is 5.56 Å². The van der Waals surface area contributed by atoms with E-state index in [1.165, 1.54) is 12.3 Å². The maximum absolute atomic E-state index is 10.8. The highest BCUT2D eigenvalue weighted by Crippen LogP contribution is 2.20. The second-order valence-electron chi connectivity index (χ2n) is 4.33. The number of hydrogen-bond donors (Lipinski definition) is 2. The Bertz CT molecular complexity index is 749. The maximum Gasteiger partial charge on any atom is 0.338 e. The molecule has 0 saturated carbocycles. The van der Waals surface area contributed by atoms with Gasteiger partial charge in [0.1, 0.15) is 12.0 Å². The summed E-state index contributed by atoms with van der Waals surface area (Å²) in [6.45, 7) is 0.374. The highest BCUT2D eigenvalue weighted by atomic mass is 16.4. The third-order valence-electron chi connectivity index (χ3n) is 2.93. The fourth-order valence-corrected chi connectivity index (χ4v) is 1.93. The van der Waals surface area contributed by atoms with Gasteiger partial charge in [0, 0.05) is 0 Å². The number of benzene rings is 1. The van der Waals surface area contributed by atoms with E-state index in [0.717, 1.165) is 11.4 Å². The minimum Gasteiger partial charge on any atom is -0.478 e. The van der Waals surface area contributed by atoms with Crippen molar-refractivity contribution in [2.75, 3.05) is 5.32 Å². The van der Waals surface area contributed by atoms with Crippen molar-refractivity contribution in [2.24, 2.45) is 0 Å². The number of anilines is 1. The molecule has 2 heterocycles. The summed E-state index contributed by atoms with van der Waals surface area (Å²) in [5.41, 5.74) is 1.83. The van der Waals surface area contributed by atoms with Crippen molar-refractivity contribution in [1.82, 2.24) is 15.0 Å². The molecule has 0 fully saturated rings. The summed E-state index contributed by atoms with van der Waals surface area (Å²) in [6, 6.07) is 9.10. The van der Waals surface area contributed by atoms with Gasteiger partial charge in [0.15, 0.2) is 0 Å². The molecule has 0 radical (unpaired) electrons. The summed E-state index contributed by atoms with van der Waals surface area (Å²) in [5, 5.41) is 19.8. The second-order valence-corrected chi connectivity index (χ2v) is 4.33. The van der Waals surface area contributed by atoms with Crippen LogP contribution in [0.15, 0.2) is 53.4 Å². The van der Waals surface area contributed by atoms with Crippen molar-refractivity contribution < 1.29 is 14.3 Å². The largest absolute Gasteiger partial charge is 0.478 e. The number of hydrogen-bond acceptors (Lipinski definition) is 5. The first-order chi connectivity index (χ1) is 10.2. The number of nitrogens with one attached hydrogen (secondary N) is 1. The van der Waals surface area contributed by atoms with Crippen LogP contribution in [0, 0.1) is 0 Å². The standard InChI is InChI=1S/C14H12N4O3/c19-14(20)10-7-11(21-9-10)8-15-12-3-1-2-4-13(12)18-6-5-16-17-18/h1-7,9,15H,8H2,(H,19,20). The van der Waals surface area contributed by atoms with Crippen LogP contribution in [-0.2, 0) is 6.54 Å². The molecule has 106 valence electrons. The van der Waals surface area contributed by atoms with Crippen molar-refractivity contribution in [1.29, 1.82) is 0 Å². The monoisotopic (exact) mass is 284 g/mol. The molecule has 7 nitrogen and oxygen atoms in total. The Labute approximate surface area is 119 Å². The third kappa shape index (κ3) is 2.76. The molecule has 1 aromatic carbocycles. The molecule has 7 heteroatoms. The minimum atomic E-state index is -1.01. The average Bonchev–Trinajstić information content (AvgIpc) is 3.17. The molecule has 0 aliphatic heterocycles. The van der Waals surface area contributed by atoms with Crippen LogP contribution in [-0.4, -0.2) is 26.1 Å². The first kappa shape index (κ1) is 12.9. The number of aromatic nitrogens is 3. The van der Waals surface area contributed by atoms with Gasteiger partial charge in [0.2, 0.25) is 0 Å². The number of nitrogens with zero attached hydrogens (tertiary/aromatic N) is 3. The molecule has 0 saturated heterocycles. The number of carbonyl (C=O) groups is 1. The number of para-hydroxylation sites is 2. The molecule has 0 aliphatic rings. The molecule has 0 bridgehead atoms. The minimum absolute atomic E-state index is 0.136. The van der Waals surface area contributed by atoms with Gasteiger partial charge in [-0.3, -0.25) is 0 Å². The summed E-state index contributed by atoms with van der Waals surface area (Å²) in [6.07, 6.45) is 4.57. The highest BCUT2D eigenvalue weighted by molar-refractivity contribution is 5.87. The fourth-order valence-electron chi connectivity index (χ4n) is 1.93. The lowest BCUT2D eigenvalue weighted by atomic mass is 10.2. The SMILES string of the molecule is O=C(O)c1coc(CNc2ccccc2-n2ccnn2)c1. The van der Waals surface area contributed by atoms with Crippen LogP contribution >= 0.6 is 0 Å². The predicted octanol–water partition coefficient (Wildman–Crippen LogP) is 2.17. The van der Waals surface area contributed by atoms with Gasteiger partial charge in [0.25, 0.3) is 0 Å². The van der Waals surface area contributed by atoms with Crippen LogP contribution < -0.4 is 5.32 Å². The summed E-state index contributed by atoms with van der Waals surface area (Å²) in [7, 11) is 0. The molecule has 0 aliphatic carbocycles. The van der Waals surface area contributed by atoms with Crippen LogP contribution in [0.25, 0.3) is 5.69 Å². The predicted molar refractivity (Wildman–Crippen MR) is 74.4 cm³/mol. The zero-order valence-corrected chi connectivity index (χ0v) is 10.9. The van der Waals surface area contributed by atoms with E-state index in [4.69, 9.17) is 9.52 Å². The summed E-state index contributed by atoms with van der Waals surface area (Å²) in [4.78, 5) is 10.8. The van der Waals surface area contributed by atoms with E-state index in [9.17, 15) is 4.79 Å². The number of carboxylic acid groups (broad SMARTS) is 1. The number of aromatic carboxylic acids is 1. The van der Waals surface area contributed by atoms with Crippen molar-refractivity contribution in [3.05, 3.63) is 60.3 Å². The van der Waals surface area contributed by atoms with Gasteiger partial charge in [-0.25, -0.2) is 9.48 Å². The summed E-state index contributed by atoms with van der Waals surface area (Å²) < 4.78 is 6.85. The van der Waals surface area contributed by atoms with E-state index < -0.39 is 5.97 Å². The smallest absolute Gasteiger partial charge is 0.338 e. The molecular formula is C14H12N4O3. The van der Waals surface area contributed by atoms with Crippen LogP contribution in [0.1, 0.15) is 16.1 Å². The Morgan fingerprint density at radius 2 is 2.24 bits per heavy atom. The zero-order valence-electron chi connectivity index (χ0n) is 10.9. The second kappa shape index (κ2) is 5.49. The lowest BCUT2D eigenvalue weighted by molar-refractivity contribution is 0.0696. The molecule has 0 amide bonds. The Morgan fingerprint density at radius 1 is 1.38 bits per heavy atom. The van der Waals surface area contributed by atoms with Crippen molar-refractivity contribution in [2.45, 2.75) is 6.54 Å². The summed E-state index contributed by atoms with van der Waals surface area (Å²) >= 11 is 0. The van der Waals surface area contributed by atoms with Crippen LogP contribution in [0.3, 0.4) is 0 Å². The topological polar surface area (TPSA) is 93.2 Å². The van der Waals surface area contributed by atoms with E-state index in [0.29, 0.717) is 12.3 Å². The van der Waals surface area contributed by atoms with Gasteiger partial charge in [-0.05, 0) is 18.2 Å². The number of furan rings is 1. The van der Waals surface area contributed by atoms with Crippen LogP contribution in [0.4, 0.5) is 5.69 Å². The third-order valence-corrected chi connectivity index (χ3v) is 2.93. The molecule has 2 N–H and O–H groups in total. The lowest BCUT2D eigenvalue weighted by Crippen LogP contribution is -2.04. The van der Waals surface area contributed by atoms with E-state index in [2.05, 4.69) is 15.6 Å². The first-order valence-corrected chi connectivity index (χ1v) is 6.24. The van der Waals surface area contributed by atoms with E-state index in [1.54, 1.807) is 17.1 Å². The van der Waals surface area contributed by atoms with Crippen LogP contribution in [0.5, 0.6) is 0 Å². The molecule has 2 aromatic heterocycles. The Kier molecular flexibility index (Phi) is 3.38. The molecular weight excluding hydrogens is 272 g/mol. The highest BCUT2D eigenvalue weighted by Gasteiger charge is 2.09. The zero-order chi connectivity index (χ0) is 14.7. The quantitative estimate of drug-likeness (QED) is 0.745. The first-order valence-electron chi connectivity index (χ1n) is 6.24. The number of carboxylic acids is 1. The fraction of sp³-hybridized carbons (Fsp3) is 0.0714. The normalized spacial score (nSPS) is 10.5. The van der Waals surface area contributed by atoms with Gasteiger partial charge in [0.05, 0.1) is 35.9 Å². The van der Waals surface area contributed by atoms with Crippen molar-refractivity contribution >= 4 is 11.7 Å². The molecule has 0 unspecified atom stereocenters. The van der Waals surface area contributed by atoms with Gasteiger partial charge >= 0.3 is 5.97 Å². The maximum atomic E-state index is 10.8. The molecule has 0 spiro atoms. The molecule has 0 atom stereocenters. The number of rotatable bonds is 5. The van der Waals surface area contributed by atoms with Crippen molar-refractivity contribution in [3.8, 4) is 5.69 Å². The van der Waals surface area contributed by atoms with Gasteiger partial charge < -0.3 is 14.8 Å². The lowest BCUT2D eigenvalue weighted by Gasteiger charge is -2.10.